The minimum absolute atomic E-state index is 0.290. The molecule has 4 nitrogen and oxygen atoms in total. The summed E-state index contributed by atoms with van der Waals surface area (Å²) in [6.45, 7) is 1.90. The molecule has 1 heterocycles. The molecule has 0 radical (unpaired) electrons. The molecule has 0 aromatic heterocycles. The number of nitrogens with zero attached hydrogens (tertiary/aromatic N) is 1. The molecular weight excluding hydrogens is 328 g/mol. The number of hydrogen-bond donors (Lipinski definition) is 1. The van der Waals surface area contributed by atoms with Crippen molar-refractivity contribution in [2.75, 3.05) is 20.1 Å². The predicted octanol–water partition coefficient (Wildman–Crippen LogP) is 1.96. The van der Waals surface area contributed by atoms with Crippen molar-refractivity contribution in [3.05, 3.63) is 34.3 Å². The van der Waals surface area contributed by atoms with Crippen LogP contribution in [0.2, 0.25) is 0 Å². The van der Waals surface area contributed by atoms with Crippen molar-refractivity contribution in [3.8, 4) is 0 Å². The number of hydrogen-bond acceptors (Lipinski definition) is 3. The second-order valence-electron chi connectivity index (χ2n) is 4.90. The molecule has 106 valence electrons. The van der Waals surface area contributed by atoms with E-state index in [-0.39, 0.29) is 5.25 Å². The van der Waals surface area contributed by atoms with Gasteiger partial charge >= 0.3 is 0 Å². The molecule has 0 saturated carbocycles. The molecule has 6 heteroatoms. The van der Waals surface area contributed by atoms with Crippen LogP contribution >= 0.6 is 15.9 Å². The van der Waals surface area contributed by atoms with E-state index in [0.717, 1.165) is 29.4 Å². The molecule has 1 aliphatic rings. The van der Waals surface area contributed by atoms with Crippen molar-refractivity contribution < 1.29 is 8.42 Å². The van der Waals surface area contributed by atoms with Crippen molar-refractivity contribution >= 4 is 26.0 Å². The molecule has 1 aromatic rings. The molecular formula is C13H19BrN2O2S. The lowest BCUT2D eigenvalue weighted by atomic mass is 10.2. The number of nitrogens with one attached hydrogen (secondary N) is 1. The summed E-state index contributed by atoms with van der Waals surface area (Å²) in [6, 6.07) is 7.74. The van der Waals surface area contributed by atoms with Crippen LogP contribution < -0.4 is 5.32 Å². The normalized spacial score (nSPS) is 20.7. The molecule has 1 N–H and O–H groups in total. The fourth-order valence-electron chi connectivity index (χ4n) is 2.27. The van der Waals surface area contributed by atoms with Gasteiger partial charge in [-0.25, -0.2) is 12.7 Å². The quantitative estimate of drug-likeness (QED) is 0.906. The summed E-state index contributed by atoms with van der Waals surface area (Å²) in [6.07, 6.45) is 1.68. The monoisotopic (exact) mass is 346 g/mol. The Kier molecular flexibility index (Phi) is 5.00. The fourth-order valence-corrected chi connectivity index (χ4v) is 4.16. The molecule has 1 aromatic carbocycles. The van der Waals surface area contributed by atoms with Gasteiger partial charge < -0.3 is 5.32 Å². The molecule has 1 saturated heterocycles. The summed E-state index contributed by atoms with van der Waals surface area (Å²) in [5.41, 5.74) is 0.998. The Labute approximate surface area is 123 Å². The molecule has 1 atom stereocenters. The van der Waals surface area contributed by atoms with Gasteiger partial charge in [-0.1, -0.05) is 28.1 Å². The number of halogens is 1. The fraction of sp³-hybridized carbons (Fsp3) is 0.538. The highest BCUT2D eigenvalue weighted by atomic mass is 79.9. The molecule has 1 fully saturated rings. The Morgan fingerprint density at radius 2 is 2.05 bits per heavy atom. The van der Waals surface area contributed by atoms with E-state index in [1.165, 1.54) is 4.31 Å². The molecule has 0 aliphatic carbocycles. The topological polar surface area (TPSA) is 49.4 Å². The summed E-state index contributed by atoms with van der Waals surface area (Å²) in [5.74, 6) is 0. The summed E-state index contributed by atoms with van der Waals surface area (Å²) in [4.78, 5) is 0. The standard InChI is InChI=1S/C13H19BrN2O2S/c1-16(10-11-4-6-12(14)7-5-11)19(17,18)13-3-2-8-15-9-13/h4-7,13,15H,2-3,8-10H2,1H3. The van der Waals surface area contributed by atoms with Gasteiger partial charge in [0.2, 0.25) is 10.0 Å². The van der Waals surface area contributed by atoms with Gasteiger partial charge in [0, 0.05) is 24.6 Å². The van der Waals surface area contributed by atoms with E-state index >= 15 is 0 Å². The Hall–Kier alpha value is -0.430. The van der Waals surface area contributed by atoms with E-state index < -0.39 is 10.0 Å². The average Bonchev–Trinajstić information content (AvgIpc) is 2.42. The van der Waals surface area contributed by atoms with Crippen LogP contribution in [-0.4, -0.2) is 38.1 Å². The van der Waals surface area contributed by atoms with Crippen molar-refractivity contribution in [2.45, 2.75) is 24.6 Å². The van der Waals surface area contributed by atoms with Crippen molar-refractivity contribution in [1.82, 2.24) is 9.62 Å². The Morgan fingerprint density at radius 1 is 1.37 bits per heavy atom. The average molecular weight is 347 g/mol. The molecule has 1 aliphatic heterocycles. The molecule has 1 unspecified atom stereocenters. The third-order valence-electron chi connectivity index (χ3n) is 3.43. The largest absolute Gasteiger partial charge is 0.315 e. The van der Waals surface area contributed by atoms with Crippen LogP contribution in [-0.2, 0) is 16.6 Å². The van der Waals surface area contributed by atoms with Crippen LogP contribution in [0.4, 0.5) is 0 Å². The zero-order valence-corrected chi connectivity index (χ0v) is 13.4. The van der Waals surface area contributed by atoms with Crippen LogP contribution in [0.3, 0.4) is 0 Å². The van der Waals surface area contributed by atoms with Crippen LogP contribution in [0.15, 0.2) is 28.7 Å². The highest BCUT2D eigenvalue weighted by molar-refractivity contribution is 9.10. The first-order valence-corrected chi connectivity index (χ1v) is 8.70. The van der Waals surface area contributed by atoms with Gasteiger partial charge in [0.05, 0.1) is 5.25 Å². The third kappa shape index (κ3) is 3.78. The lowest BCUT2D eigenvalue weighted by molar-refractivity contribution is 0.429. The Balaban J connectivity index is 2.05. The van der Waals surface area contributed by atoms with E-state index in [1.54, 1.807) is 7.05 Å². The molecule has 2 rings (SSSR count). The van der Waals surface area contributed by atoms with Crippen LogP contribution in [0.25, 0.3) is 0 Å². The Morgan fingerprint density at radius 3 is 2.63 bits per heavy atom. The SMILES string of the molecule is CN(Cc1ccc(Br)cc1)S(=O)(=O)C1CCCNC1. The highest BCUT2D eigenvalue weighted by Crippen LogP contribution is 2.18. The summed E-state index contributed by atoms with van der Waals surface area (Å²) in [5, 5.41) is 2.87. The van der Waals surface area contributed by atoms with Gasteiger partial charge in [0.15, 0.2) is 0 Å². The first-order valence-electron chi connectivity index (χ1n) is 6.40. The number of rotatable bonds is 4. The maximum absolute atomic E-state index is 12.4. The molecule has 0 amide bonds. The zero-order chi connectivity index (χ0) is 13.9. The van der Waals surface area contributed by atoms with Gasteiger partial charge in [-0.05, 0) is 37.1 Å². The predicted molar refractivity (Wildman–Crippen MR) is 80.4 cm³/mol. The second-order valence-corrected chi connectivity index (χ2v) is 8.13. The van der Waals surface area contributed by atoms with E-state index in [0.29, 0.717) is 13.1 Å². The van der Waals surface area contributed by atoms with Gasteiger partial charge in [-0.3, -0.25) is 0 Å². The lowest BCUT2D eigenvalue weighted by Gasteiger charge is -2.27. The maximum Gasteiger partial charge on any atom is 0.218 e. The lowest BCUT2D eigenvalue weighted by Crippen LogP contribution is -2.44. The second kappa shape index (κ2) is 6.35. The minimum Gasteiger partial charge on any atom is -0.315 e. The van der Waals surface area contributed by atoms with Crippen molar-refractivity contribution in [1.29, 1.82) is 0 Å². The number of sulfonamides is 1. The number of benzene rings is 1. The highest BCUT2D eigenvalue weighted by Gasteiger charge is 2.30. The molecule has 19 heavy (non-hydrogen) atoms. The van der Waals surface area contributed by atoms with Crippen LogP contribution in [0.5, 0.6) is 0 Å². The van der Waals surface area contributed by atoms with E-state index in [1.807, 2.05) is 24.3 Å². The van der Waals surface area contributed by atoms with Crippen molar-refractivity contribution in [3.63, 3.8) is 0 Å². The third-order valence-corrected chi connectivity index (χ3v) is 6.20. The first-order chi connectivity index (χ1) is 9.00. The van der Waals surface area contributed by atoms with Gasteiger partial charge in [-0.15, -0.1) is 0 Å². The summed E-state index contributed by atoms with van der Waals surface area (Å²) in [7, 11) is -1.55. The van der Waals surface area contributed by atoms with E-state index in [4.69, 9.17) is 0 Å². The van der Waals surface area contributed by atoms with Gasteiger partial charge in [-0.2, -0.15) is 0 Å². The first kappa shape index (κ1) is 15.0. The van der Waals surface area contributed by atoms with E-state index in [2.05, 4.69) is 21.2 Å². The van der Waals surface area contributed by atoms with Gasteiger partial charge in [0.25, 0.3) is 0 Å². The van der Waals surface area contributed by atoms with Crippen LogP contribution in [0.1, 0.15) is 18.4 Å². The minimum atomic E-state index is -3.21. The summed E-state index contributed by atoms with van der Waals surface area (Å²) >= 11 is 3.37. The van der Waals surface area contributed by atoms with Gasteiger partial charge in [0.1, 0.15) is 0 Å². The summed E-state index contributed by atoms with van der Waals surface area (Å²) < 4.78 is 27.3. The molecule has 0 spiro atoms. The number of piperidine rings is 1. The van der Waals surface area contributed by atoms with Crippen molar-refractivity contribution in [2.24, 2.45) is 0 Å². The molecule has 0 bridgehead atoms. The maximum atomic E-state index is 12.4. The van der Waals surface area contributed by atoms with E-state index in [9.17, 15) is 8.42 Å². The Bertz CT molecular complexity index is 510. The van der Waals surface area contributed by atoms with Crippen LogP contribution in [0, 0.1) is 0 Å². The zero-order valence-electron chi connectivity index (χ0n) is 11.0. The smallest absolute Gasteiger partial charge is 0.218 e.